The predicted molar refractivity (Wildman–Crippen MR) is 246 cm³/mol. The first-order valence-electron chi connectivity index (χ1n) is 23.3. The minimum absolute atomic E-state index is 0.183. The average molecular weight is 901 g/mol. The molecule has 14 nitrogen and oxygen atoms in total. The lowest BCUT2D eigenvalue weighted by atomic mass is 9.47. The van der Waals surface area contributed by atoms with Gasteiger partial charge in [0.2, 0.25) is 12.0 Å². The summed E-state index contributed by atoms with van der Waals surface area (Å²) in [5, 5.41) is 26.5. The third-order valence-corrected chi connectivity index (χ3v) is 16.7. The number of H-pyrrole nitrogens is 1. The van der Waals surface area contributed by atoms with Gasteiger partial charge in [0.25, 0.3) is 0 Å². The molecule has 1 unspecified atom stereocenters. The summed E-state index contributed by atoms with van der Waals surface area (Å²) in [4.78, 5) is 66.9. The third kappa shape index (κ3) is 5.93. The van der Waals surface area contributed by atoms with Crippen molar-refractivity contribution in [1.82, 2.24) is 14.8 Å². The molecule has 14 heteroatoms. The van der Waals surface area contributed by atoms with Gasteiger partial charge < -0.3 is 39.0 Å². The number of hydrogen-bond acceptors (Lipinski definition) is 12. The molecule has 1 aliphatic carbocycles. The van der Waals surface area contributed by atoms with E-state index in [9.17, 15) is 24.6 Å². The Balaban J connectivity index is 1.29. The molecule has 66 heavy (non-hydrogen) atoms. The van der Waals surface area contributed by atoms with Crippen LogP contribution in [0.25, 0.3) is 22.0 Å². The average Bonchev–Trinajstić information content (AvgIpc) is 4.00. The topological polar surface area (TPSA) is 171 Å². The van der Waals surface area contributed by atoms with Gasteiger partial charge in [0.05, 0.1) is 38.7 Å². The van der Waals surface area contributed by atoms with Gasteiger partial charge in [-0.25, -0.2) is 4.79 Å². The van der Waals surface area contributed by atoms with E-state index >= 15 is 4.79 Å². The maximum atomic E-state index is 15.6. The van der Waals surface area contributed by atoms with Gasteiger partial charge in [-0.05, 0) is 91.4 Å². The van der Waals surface area contributed by atoms with Crippen molar-refractivity contribution in [3.05, 3.63) is 95.2 Å². The highest BCUT2D eigenvalue weighted by molar-refractivity contribution is 5.97. The molecule has 348 valence electrons. The highest BCUT2D eigenvalue weighted by Crippen LogP contribution is 2.68. The number of benzene rings is 3. The Kier molecular flexibility index (Phi) is 10.6. The van der Waals surface area contributed by atoms with Gasteiger partial charge in [0.15, 0.2) is 6.10 Å². The molecule has 10 rings (SSSR count). The minimum atomic E-state index is -2.55. The normalized spacial score (nSPS) is 34.2. The Morgan fingerprint density at radius 3 is 2.35 bits per heavy atom. The first kappa shape index (κ1) is 44.3. The number of carbonyl (C=O) groups excluding carboxylic acids is 4. The first-order valence-corrected chi connectivity index (χ1v) is 23.3. The van der Waals surface area contributed by atoms with Gasteiger partial charge in [0.1, 0.15) is 11.2 Å². The number of methoxy groups -OCH3 is 3. The van der Waals surface area contributed by atoms with Crippen molar-refractivity contribution >= 4 is 40.9 Å². The van der Waals surface area contributed by atoms with Crippen LogP contribution in [0.4, 0.5) is 5.69 Å². The second-order valence-corrected chi connectivity index (χ2v) is 19.7. The van der Waals surface area contributed by atoms with Crippen LogP contribution in [-0.4, -0.2) is 133 Å². The highest BCUT2D eigenvalue weighted by atomic mass is 16.6. The van der Waals surface area contributed by atoms with Crippen LogP contribution in [0.5, 0.6) is 5.75 Å². The number of nitrogens with one attached hydrogen (secondary N) is 1. The molecule has 6 aliphatic rings. The number of anilines is 1. The summed E-state index contributed by atoms with van der Waals surface area (Å²) >= 11 is 0. The molecule has 3 N–H and O–H groups in total. The number of piperidine rings is 1. The molecule has 1 spiro atoms. The Bertz CT molecular complexity index is 2670. The molecule has 6 heterocycles. The van der Waals surface area contributed by atoms with Crippen LogP contribution in [0.2, 0.25) is 0 Å². The predicted octanol–water partition coefficient (Wildman–Crippen LogP) is 5.18. The Morgan fingerprint density at radius 2 is 1.67 bits per heavy atom. The molecule has 3 aromatic carbocycles. The largest absolute Gasteiger partial charge is 0.496 e. The van der Waals surface area contributed by atoms with E-state index in [1.165, 1.54) is 33.2 Å². The maximum Gasteiger partial charge on any atom is 0.344 e. The lowest BCUT2D eigenvalue weighted by Crippen LogP contribution is -2.81. The van der Waals surface area contributed by atoms with E-state index in [0.717, 1.165) is 27.6 Å². The number of aromatic nitrogens is 1. The second-order valence-electron chi connectivity index (χ2n) is 19.7. The van der Waals surface area contributed by atoms with Crippen LogP contribution in [0.15, 0.2) is 72.8 Å². The van der Waals surface area contributed by atoms with Crippen molar-refractivity contribution in [2.75, 3.05) is 59.0 Å². The fourth-order valence-corrected chi connectivity index (χ4v) is 14.2. The number of fused-ring (bicyclic) bond motifs is 6. The number of rotatable bonds is 9. The Morgan fingerprint density at radius 1 is 0.894 bits per heavy atom. The maximum absolute atomic E-state index is 15.6. The van der Waals surface area contributed by atoms with Crippen molar-refractivity contribution in [1.29, 1.82) is 0 Å². The van der Waals surface area contributed by atoms with E-state index in [4.69, 9.17) is 18.9 Å². The summed E-state index contributed by atoms with van der Waals surface area (Å²) in [6.45, 7) is 8.09. The van der Waals surface area contributed by atoms with E-state index in [1.807, 2.05) is 50.3 Å². The third-order valence-electron chi connectivity index (χ3n) is 16.7. The summed E-state index contributed by atoms with van der Waals surface area (Å²) < 4.78 is 23.9. The quantitative estimate of drug-likeness (QED) is 0.0872. The summed E-state index contributed by atoms with van der Waals surface area (Å²) in [5.41, 5.74) is -1.28. The van der Waals surface area contributed by atoms with Gasteiger partial charge >= 0.3 is 17.9 Å². The SMILES string of the molecule is CC[C@]1(O)C[C@H]2CN(CCc3c([nH]c4ccc(-c5ccccc5)cc34)[C@@](C(=O)OC)(c3cc4c(cc3OC)N(C=O)[C@H]3[C@@](O)(C(=O)OC)[C@H](OC(C)=O)[C@]5(CC)C=CCN6CC[C@]43[C@@H]65)C2)C1. The zero-order chi connectivity index (χ0) is 46.6. The van der Waals surface area contributed by atoms with E-state index in [1.54, 1.807) is 6.07 Å². The fraction of sp³-hybridized carbons (Fsp3) is 0.500. The van der Waals surface area contributed by atoms with Crippen molar-refractivity contribution in [2.24, 2.45) is 11.3 Å². The molecule has 4 aromatic rings. The first-order chi connectivity index (χ1) is 31.7. The molecule has 3 fully saturated rings. The molecular weight excluding hydrogens is 841 g/mol. The number of esters is 3. The molecule has 1 amide bonds. The van der Waals surface area contributed by atoms with E-state index in [0.29, 0.717) is 99.5 Å². The van der Waals surface area contributed by atoms with Crippen LogP contribution in [0.3, 0.4) is 0 Å². The van der Waals surface area contributed by atoms with Crippen LogP contribution in [0.1, 0.15) is 75.3 Å². The lowest BCUT2D eigenvalue weighted by Gasteiger charge is -2.63. The molecular formula is C52H60N4O10. The Hall–Kier alpha value is -5.54. The van der Waals surface area contributed by atoms with Crippen LogP contribution >= 0.6 is 0 Å². The standard InChI is InChI=1S/C52H60N4O10/c1-7-48(61)26-32-27-51(46(59)64-5,42-35(17-21-54(28-32)29-48)36-23-34(15-16-39(36)53-42)33-13-10-9-11-14-33)38-24-37-40(25-41(38)63-4)56(30-57)44-50(37)19-22-55-20-12-18-49(8-2,43(50)55)45(66-31(3)58)52(44,62)47(60)65-6/h9-16,18,23-25,30,32,43-45,53,61-62H,7-8,17,19-22,26-29H2,1-6H3/t32-,43+,44-,45-,48+,49-,50-,51+,52+/m1/s1. The summed E-state index contributed by atoms with van der Waals surface area (Å²) in [5.74, 6) is -2.12. The zero-order valence-electron chi connectivity index (χ0n) is 38.6. The van der Waals surface area contributed by atoms with Gasteiger partial charge in [-0.3, -0.25) is 24.2 Å². The molecule has 1 saturated carbocycles. The van der Waals surface area contributed by atoms with Gasteiger partial charge in [-0.2, -0.15) is 0 Å². The van der Waals surface area contributed by atoms with Crippen LogP contribution in [-0.2, 0) is 50.6 Å². The van der Waals surface area contributed by atoms with E-state index in [2.05, 4.69) is 45.1 Å². The molecule has 5 aliphatic heterocycles. The number of hydrogen-bond donors (Lipinski definition) is 3. The zero-order valence-corrected chi connectivity index (χ0v) is 38.6. The van der Waals surface area contributed by atoms with Crippen LogP contribution in [0, 0.1) is 11.3 Å². The molecule has 10 atom stereocenters. The summed E-state index contributed by atoms with van der Waals surface area (Å²) in [7, 11) is 4.11. The summed E-state index contributed by atoms with van der Waals surface area (Å²) in [6, 6.07) is 18.4. The number of aliphatic hydroxyl groups is 2. The molecule has 2 saturated heterocycles. The van der Waals surface area contributed by atoms with Crippen LogP contribution < -0.4 is 9.64 Å². The van der Waals surface area contributed by atoms with Gasteiger partial charge in [-0.15, -0.1) is 0 Å². The molecule has 2 bridgehead atoms. The van der Waals surface area contributed by atoms with E-state index < -0.39 is 63.5 Å². The number of amides is 1. The molecule has 1 aromatic heterocycles. The van der Waals surface area contributed by atoms with Gasteiger partial charge in [-0.1, -0.05) is 62.4 Å². The van der Waals surface area contributed by atoms with Crippen molar-refractivity contribution < 1.29 is 48.3 Å². The number of nitrogens with zero attached hydrogens (tertiary/aromatic N) is 3. The lowest BCUT2D eigenvalue weighted by molar-refractivity contribution is -0.228. The molecule has 0 radical (unpaired) electrons. The monoisotopic (exact) mass is 900 g/mol. The van der Waals surface area contributed by atoms with Crippen molar-refractivity contribution in [3.63, 3.8) is 0 Å². The smallest absolute Gasteiger partial charge is 0.344 e. The fourth-order valence-electron chi connectivity index (χ4n) is 14.2. The minimum Gasteiger partial charge on any atom is -0.496 e. The van der Waals surface area contributed by atoms with Gasteiger partial charge in [0, 0.05) is 78.2 Å². The van der Waals surface area contributed by atoms with Crippen molar-refractivity contribution in [3.8, 4) is 16.9 Å². The highest BCUT2D eigenvalue weighted by Gasteiger charge is 2.81. The van der Waals surface area contributed by atoms with E-state index in [-0.39, 0.29) is 12.3 Å². The number of ether oxygens (including phenoxy) is 4. The summed E-state index contributed by atoms with van der Waals surface area (Å²) in [6.07, 6.45) is 5.73. The second kappa shape index (κ2) is 15.8. The Labute approximate surface area is 384 Å². The van der Waals surface area contributed by atoms with Crippen molar-refractivity contribution in [2.45, 2.75) is 99.5 Å². The number of carbonyl (C=O) groups is 4. The number of aromatic amines is 1.